The average Bonchev–Trinajstić information content (AvgIpc) is 2.77. The Morgan fingerprint density at radius 1 is 0.944 bits per heavy atom. The molecule has 0 bridgehead atoms. The predicted octanol–water partition coefficient (Wildman–Crippen LogP) is 7.58. The number of carbonyl (C=O) groups excluding carboxylic acids is 1. The number of hydrogen-bond acceptors (Lipinski definition) is 3. The Bertz CT molecular complexity index is 1090. The summed E-state index contributed by atoms with van der Waals surface area (Å²) in [5.41, 5.74) is 1.87. The molecule has 5 aliphatic carbocycles. The maximum Gasteiger partial charge on any atom is 0.310 e. The van der Waals surface area contributed by atoms with E-state index in [1.54, 1.807) is 0 Å². The summed E-state index contributed by atoms with van der Waals surface area (Å²) >= 11 is 0. The SMILES string of the molecule is CC1=C2C3CC(C)(C)CCC3(C(=O)O)CCC2(C)C2(C)CCC3C(C)(C)C(=O)C(C#N)CC3(C)C2C1. The fraction of sp³-hybridized carbons (Fsp3) is 0.844. The number of rotatable bonds is 1. The monoisotopic (exact) mass is 493 g/mol. The summed E-state index contributed by atoms with van der Waals surface area (Å²) in [5.74, 6) is -0.176. The Hall–Kier alpha value is -1.63. The predicted molar refractivity (Wildman–Crippen MR) is 141 cm³/mol. The number of fused-ring (bicyclic) bond motifs is 7. The molecule has 5 rings (SSSR count). The van der Waals surface area contributed by atoms with E-state index in [2.05, 4.69) is 61.5 Å². The highest BCUT2D eigenvalue weighted by Gasteiger charge is 2.70. The minimum atomic E-state index is -0.624. The molecule has 198 valence electrons. The number of hydrogen-bond donors (Lipinski definition) is 1. The fourth-order valence-corrected chi connectivity index (χ4v) is 11.2. The van der Waals surface area contributed by atoms with Crippen LogP contribution in [0.3, 0.4) is 0 Å². The second kappa shape index (κ2) is 7.48. The Kier molecular flexibility index (Phi) is 5.40. The number of Topliss-reactive ketones (excluding diaryl/α,β-unsaturated/α-hetero) is 1. The molecule has 0 aromatic rings. The van der Waals surface area contributed by atoms with Crippen LogP contribution in [0.25, 0.3) is 0 Å². The topological polar surface area (TPSA) is 78.2 Å². The van der Waals surface area contributed by atoms with Crippen LogP contribution in [0.15, 0.2) is 11.1 Å². The lowest BCUT2D eigenvalue weighted by Crippen LogP contribution is -2.66. The molecule has 0 amide bonds. The van der Waals surface area contributed by atoms with Gasteiger partial charge in [0.1, 0.15) is 5.92 Å². The summed E-state index contributed by atoms with van der Waals surface area (Å²) in [5, 5.41) is 20.6. The van der Waals surface area contributed by atoms with Crippen molar-refractivity contribution in [3.05, 3.63) is 11.1 Å². The van der Waals surface area contributed by atoms with Crippen LogP contribution in [0.4, 0.5) is 0 Å². The number of allylic oxidation sites excluding steroid dienone is 2. The zero-order valence-electron chi connectivity index (χ0n) is 23.9. The third kappa shape index (κ3) is 2.98. The van der Waals surface area contributed by atoms with E-state index < -0.39 is 22.7 Å². The lowest BCUT2D eigenvalue weighted by molar-refractivity contribution is -0.194. The van der Waals surface area contributed by atoms with Gasteiger partial charge in [-0.2, -0.15) is 5.26 Å². The molecule has 36 heavy (non-hydrogen) atoms. The molecule has 4 heteroatoms. The third-order valence-corrected chi connectivity index (χ3v) is 13.3. The number of nitrogens with zero attached hydrogens (tertiary/aromatic N) is 1. The van der Waals surface area contributed by atoms with Crippen LogP contribution in [0.1, 0.15) is 113 Å². The third-order valence-electron chi connectivity index (χ3n) is 13.3. The molecule has 0 spiro atoms. The molecular weight excluding hydrogens is 446 g/mol. The lowest BCUT2D eigenvalue weighted by atomic mass is 9.32. The lowest BCUT2D eigenvalue weighted by Gasteiger charge is -2.71. The standard InChI is InChI=1S/C32H47NO3/c1-19-15-23-29(6)16-20(18-33)25(34)28(4,5)22(29)9-10-30(23,7)31(8)12-14-32(26(35)36)13-11-27(2,3)17-21(32)24(19)31/h20-23H,9-17H2,1-8H3,(H,35,36). The number of carboxylic acid groups (broad SMARTS) is 1. The van der Waals surface area contributed by atoms with Crippen LogP contribution in [-0.4, -0.2) is 16.9 Å². The summed E-state index contributed by atoms with van der Waals surface area (Å²) in [6.07, 6.45) is 8.17. The highest BCUT2D eigenvalue weighted by molar-refractivity contribution is 5.89. The molecule has 8 atom stereocenters. The second-order valence-electron chi connectivity index (χ2n) is 15.7. The van der Waals surface area contributed by atoms with Crippen LogP contribution in [0.2, 0.25) is 0 Å². The molecule has 0 radical (unpaired) electrons. The van der Waals surface area contributed by atoms with Gasteiger partial charge < -0.3 is 5.11 Å². The molecule has 4 nitrogen and oxygen atoms in total. The zero-order chi connectivity index (χ0) is 26.7. The Morgan fingerprint density at radius 2 is 1.58 bits per heavy atom. The minimum Gasteiger partial charge on any atom is -0.481 e. The van der Waals surface area contributed by atoms with Gasteiger partial charge in [-0.1, -0.05) is 59.6 Å². The van der Waals surface area contributed by atoms with Crippen molar-refractivity contribution in [3.63, 3.8) is 0 Å². The van der Waals surface area contributed by atoms with Crippen LogP contribution < -0.4 is 0 Å². The molecule has 0 aromatic heterocycles. The van der Waals surface area contributed by atoms with Crippen molar-refractivity contribution in [2.75, 3.05) is 0 Å². The molecule has 0 aliphatic heterocycles. The van der Waals surface area contributed by atoms with Gasteiger partial charge in [-0.25, -0.2) is 0 Å². The quantitative estimate of drug-likeness (QED) is 0.382. The molecule has 4 fully saturated rings. The second-order valence-corrected chi connectivity index (χ2v) is 15.7. The largest absolute Gasteiger partial charge is 0.481 e. The van der Waals surface area contributed by atoms with E-state index in [9.17, 15) is 20.0 Å². The van der Waals surface area contributed by atoms with Crippen molar-refractivity contribution in [3.8, 4) is 6.07 Å². The van der Waals surface area contributed by atoms with Gasteiger partial charge in [0.05, 0.1) is 11.5 Å². The van der Waals surface area contributed by atoms with E-state index in [-0.39, 0.29) is 39.3 Å². The molecule has 8 unspecified atom stereocenters. The Morgan fingerprint density at radius 3 is 2.19 bits per heavy atom. The summed E-state index contributed by atoms with van der Waals surface area (Å²) < 4.78 is 0. The van der Waals surface area contributed by atoms with Gasteiger partial charge in [0.15, 0.2) is 5.78 Å². The van der Waals surface area contributed by atoms with Crippen molar-refractivity contribution < 1.29 is 14.7 Å². The number of carboxylic acids is 1. The van der Waals surface area contributed by atoms with Gasteiger partial charge in [-0.15, -0.1) is 0 Å². The first-order valence-corrected chi connectivity index (χ1v) is 14.4. The summed E-state index contributed by atoms with van der Waals surface area (Å²) in [6, 6.07) is 2.39. The van der Waals surface area contributed by atoms with Gasteiger partial charge in [-0.05, 0) is 104 Å². The fourth-order valence-electron chi connectivity index (χ4n) is 11.2. The number of nitriles is 1. The van der Waals surface area contributed by atoms with E-state index in [0.29, 0.717) is 12.3 Å². The van der Waals surface area contributed by atoms with E-state index in [1.807, 2.05) is 0 Å². The van der Waals surface area contributed by atoms with Crippen LogP contribution in [-0.2, 0) is 9.59 Å². The first-order valence-electron chi connectivity index (χ1n) is 14.4. The first-order chi connectivity index (χ1) is 16.5. The summed E-state index contributed by atoms with van der Waals surface area (Å²) in [4.78, 5) is 26.2. The van der Waals surface area contributed by atoms with E-state index in [4.69, 9.17) is 0 Å². The van der Waals surface area contributed by atoms with Crippen molar-refractivity contribution in [1.82, 2.24) is 0 Å². The molecule has 1 N–H and O–H groups in total. The molecule has 0 heterocycles. The molecule has 0 aromatic carbocycles. The Labute approximate surface area is 218 Å². The zero-order valence-corrected chi connectivity index (χ0v) is 23.9. The number of aliphatic carboxylic acids is 1. The maximum absolute atomic E-state index is 13.3. The maximum atomic E-state index is 13.3. The van der Waals surface area contributed by atoms with Gasteiger partial charge in [0.2, 0.25) is 0 Å². The van der Waals surface area contributed by atoms with Crippen LogP contribution in [0.5, 0.6) is 0 Å². The molecular formula is C32H47NO3. The van der Waals surface area contributed by atoms with E-state index in [0.717, 1.165) is 51.4 Å². The van der Waals surface area contributed by atoms with Crippen LogP contribution >= 0.6 is 0 Å². The van der Waals surface area contributed by atoms with Gasteiger partial charge in [-0.3, -0.25) is 9.59 Å². The number of carbonyl (C=O) groups is 2. The van der Waals surface area contributed by atoms with Gasteiger partial charge in [0, 0.05) is 5.41 Å². The number of ketones is 1. The average molecular weight is 494 g/mol. The van der Waals surface area contributed by atoms with E-state index in [1.165, 1.54) is 11.1 Å². The summed E-state index contributed by atoms with van der Waals surface area (Å²) in [6.45, 7) is 18.5. The van der Waals surface area contributed by atoms with Crippen molar-refractivity contribution in [2.45, 2.75) is 113 Å². The van der Waals surface area contributed by atoms with Crippen molar-refractivity contribution in [1.29, 1.82) is 5.26 Å². The Balaban J connectivity index is 1.67. The molecule has 4 saturated carbocycles. The van der Waals surface area contributed by atoms with Gasteiger partial charge in [0.25, 0.3) is 0 Å². The normalized spacial score (nSPS) is 49.1. The van der Waals surface area contributed by atoms with Gasteiger partial charge >= 0.3 is 5.97 Å². The summed E-state index contributed by atoms with van der Waals surface area (Å²) in [7, 11) is 0. The highest BCUT2D eigenvalue weighted by atomic mass is 16.4. The smallest absolute Gasteiger partial charge is 0.310 e. The highest BCUT2D eigenvalue weighted by Crippen LogP contribution is 2.76. The van der Waals surface area contributed by atoms with Crippen molar-refractivity contribution in [2.24, 2.45) is 56.2 Å². The van der Waals surface area contributed by atoms with Crippen LogP contribution in [0, 0.1) is 67.5 Å². The first kappa shape index (κ1) is 26.0. The van der Waals surface area contributed by atoms with Crippen molar-refractivity contribution >= 4 is 11.8 Å². The minimum absolute atomic E-state index is 0.0375. The molecule has 0 saturated heterocycles. The molecule has 5 aliphatic rings. The van der Waals surface area contributed by atoms with E-state index >= 15 is 0 Å².